The molecule has 2 atom stereocenters. The molecule has 3 N–H and O–H groups in total. The average Bonchev–Trinajstić information content (AvgIpc) is 2.02. The van der Waals surface area contributed by atoms with Crippen LogP contribution in [0.15, 0.2) is 0 Å². The largest absolute Gasteiger partial charge is 0.481 e. The van der Waals surface area contributed by atoms with E-state index in [0.29, 0.717) is 0 Å². The van der Waals surface area contributed by atoms with Gasteiger partial charge in [0.05, 0.1) is 6.42 Å². The minimum absolute atomic E-state index is 0.256. The van der Waals surface area contributed by atoms with Crippen LogP contribution in [0.4, 0.5) is 0 Å². The van der Waals surface area contributed by atoms with Gasteiger partial charge in [-0.25, -0.2) is 4.79 Å². The second-order valence-corrected chi connectivity index (χ2v) is 3.27. The molecule has 0 aromatic carbocycles. The van der Waals surface area contributed by atoms with Gasteiger partial charge in [0.15, 0.2) is 0 Å². The first-order valence-electron chi connectivity index (χ1n) is 4.01. The topological polar surface area (TPSA) is 104 Å². The number of carbonyl (C=O) groups is 3. The number of hydrogen-bond donors (Lipinski definition) is 3. The maximum absolute atomic E-state index is 10.8. The van der Waals surface area contributed by atoms with Gasteiger partial charge in [-0.15, -0.1) is 0 Å². The van der Waals surface area contributed by atoms with Gasteiger partial charge < -0.3 is 15.5 Å². The van der Waals surface area contributed by atoms with Crippen LogP contribution in [0, 0.1) is 5.92 Å². The summed E-state index contributed by atoms with van der Waals surface area (Å²) in [7, 11) is 0. The van der Waals surface area contributed by atoms with Gasteiger partial charge in [-0.2, -0.15) is 0 Å². The minimum Gasteiger partial charge on any atom is -0.481 e. The molecule has 1 amide bonds. The lowest BCUT2D eigenvalue weighted by atomic mass is 9.85. The van der Waals surface area contributed by atoms with Gasteiger partial charge in [0.25, 0.3) is 0 Å². The highest BCUT2D eigenvalue weighted by Crippen LogP contribution is 2.20. The molecular formula is C8H13NO5. The molecule has 0 aromatic rings. The fraction of sp³-hybridized carbons (Fsp3) is 0.625. The van der Waals surface area contributed by atoms with Crippen LogP contribution in [0.3, 0.4) is 0 Å². The van der Waals surface area contributed by atoms with Crippen molar-refractivity contribution in [2.75, 3.05) is 0 Å². The zero-order valence-electron chi connectivity index (χ0n) is 7.98. The second-order valence-electron chi connectivity index (χ2n) is 3.27. The molecule has 0 aromatic heterocycles. The van der Waals surface area contributed by atoms with Gasteiger partial charge in [0.2, 0.25) is 6.41 Å². The zero-order chi connectivity index (χ0) is 11.4. The Bertz CT molecular complexity index is 252. The van der Waals surface area contributed by atoms with Gasteiger partial charge in [-0.3, -0.25) is 9.59 Å². The minimum atomic E-state index is -1.54. The Kier molecular flexibility index (Phi) is 4.07. The first-order chi connectivity index (χ1) is 6.34. The van der Waals surface area contributed by atoms with E-state index >= 15 is 0 Å². The summed E-state index contributed by atoms with van der Waals surface area (Å²) in [6.45, 7) is 2.73. The van der Waals surface area contributed by atoms with Crippen LogP contribution in [0.25, 0.3) is 0 Å². The number of amides is 1. The molecule has 0 saturated carbocycles. The normalized spacial score (nSPS) is 16.4. The third-order valence-electron chi connectivity index (χ3n) is 2.27. The monoisotopic (exact) mass is 203 g/mol. The highest BCUT2D eigenvalue weighted by molar-refractivity contribution is 5.82. The molecule has 80 valence electrons. The van der Waals surface area contributed by atoms with E-state index in [1.165, 1.54) is 13.8 Å². The molecule has 0 aliphatic heterocycles. The molecule has 0 radical (unpaired) electrons. The van der Waals surface area contributed by atoms with Gasteiger partial charge in [-0.05, 0) is 6.92 Å². The Hall–Kier alpha value is -1.59. The first kappa shape index (κ1) is 12.4. The van der Waals surface area contributed by atoms with Gasteiger partial charge in [0.1, 0.15) is 5.54 Å². The molecule has 6 heteroatoms. The van der Waals surface area contributed by atoms with Crippen LogP contribution in [-0.4, -0.2) is 34.1 Å². The number of nitrogens with one attached hydrogen (secondary N) is 1. The standard InChI is InChI=1S/C8H13NO5/c1-5(3-6(11)12)8(2,7(13)14)9-4-10/h4-5H,3H2,1-2H3,(H,9,10)(H,11,12)(H,13,14). The lowest BCUT2D eigenvalue weighted by Gasteiger charge is -2.29. The lowest BCUT2D eigenvalue weighted by Crippen LogP contribution is -2.54. The fourth-order valence-corrected chi connectivity index (χ4v) is 1.00. The molecule has 0 rings (SSSR count). The van der Waals surface area contributed by atoms with Crippen LogP contribution < -0.4 is 5.32 Å². The Morgan fingerprint density at radius 2 is 2.00 bits per heavy atom. The van der Waals surface area contributed by atoms with Crippen LogP contribution >= 0.6 is 0 Å². The van der Waals surface area contributed by atoms with E-state index in [9.17, 15) is 14.4 Å². The summed E-state index contributed by atoms with van der Waals surface area (Å²) in [5, 5.41) is 19.4. The summed E-state index contributed by atoms with van der Waals surface area (Å²) in [6.07, 6.45) is -0.0594. The average molecular weight is 203 g/mol. The van der Waals surface area contributed by atoms with Gasteiger partial charge in [0, 0.05) is 5.92 Å². The molecule has 6 nitrogen and oxygen atoms in total. The molecule has 0 fully saturated rings. The van der Waals surface area contributed by atoms with E-state index in [2.05, 4.69) is 5.32 Å². The Morgan fingerprint density at radius 3 is 2.29 bits per heavy atom. The highest BCUT2D eigenvalue weighted by Gasteiger charge is 2.39. The third kappa shape index (κ3) is 2.72. The number of rotatable bonds is 6. The fourth-order valence-electron chi connectivity index (χ4n) is 1.00. The number of carboxylic acids is 2. The van der Waals surface area contributed by atoms with Gasteiger partial charge in [-0.1, -0.05) is 6.92 Å². The van der Waals surface area contributed by atoms with Crippen molar-refractivity contribution in [1.82, 2.24) is 5.32 Å². The van der Waals surface area contributed by atoms with Crippen molar-refractivity contribution in [2.24, 2.45) is 5.92 Å². The number of carbonyl (C=O) groups excluding carboxylic acids is 1. The Labute approximate surface area is 80.9 Å². The van der Waals surface area contributed by atoms with Crippen molar-refractivity contribution in [1.29, 1.82) is 0 Å². The maximum atomic E-state index is 10.8. The van der Waals surface area contributed by atoms with E-state index in [1.807, 2.05) is 0 Å². The Morgan fingerprint density at radius 1 is 1.50 bits per heavy atom. The van der Waals surface area contributed by atoms with Crippen LogP contribution in [-0.2, 0) is 14.4 Å². The van der Waals surface area contributed by atoms with Crippen molar-refractivity contribution in [3.63, 3.8) is 0 Å². The number of carboxylic acid groups (broad SMARTS) is 2. The molecule has 14 heavy (non-hydrogen) atoms. The van der Waals surface area contributed by atoms with E-state index in [1.54, 1.807) is 0 Å². The van der Waals surface area contributed by atoms with E-state index < -0.39 is 23.4 Å². The van der Waals surface area contributed by atoms with E-state index in [0.717, 1.165) is 0 Å². The predicted octanol–water partition coefficient (Wildman–Crippen LogP) is -0.313. The molecule has 0 heterocycles. The maximum Gasteiger partial charge on any atom is 0.329 e. The van der Waals surface area contributed by atoms with Crippen LogP contribution in [0.5, 0.6) is 0 Å². The van der Waals surface area contributed by atoms with Crippen molar-refractivity contribution < 1.29 is 24.6 Å². The second kappa shape index (κ2) is 4.59. The molecule has 0 aliphatic carbocycles. The molecule has 0 aliphatic rings. The molecule has 0 bridgehead atoms. The third-order valence-corrected chi connectivity index (χ3v) is 2.27. The molecule has 0 saturated heterocycles. The highest BCUT2D eigenvalue weighted by atomic mass is 16.4. The summed E-state index contributed by atoms with van der Waals surface area (Å²) in [5.41, 5.74) is -1.54. The van der Waals surface area contributed by atoms with Crippen LogP contribution in [0.1, 0.15) is 20.3 Å². The van der Waals surface area contributed by atoms with Crippen molar-refractivity contribution >= 4 is 18.3 Å². The lowest BCUT2D eigenvalue weighted by molar-refractivity contribution is -0.149. The molecule has 0 spiro atoms. The summed E-state index contributed by atoms with van der Waals surface area (Å²) in [6, 6.07) is 0. The van der Waals surface area contributed by atoms with Crippen molar-refractivity contribution in [3.05, 3.63) is 0 Å². The summed E-state index contributed by atoms with van der Waals surface area (Å²) < 4.78 is 0. The summed E-state index contributed by atoms with van der Waals surface area (Å²) in [5.74, 6) is -3.04. The summed E-state index contributed by atoms with van der Waals surface area (Å²) >= 11 is 0. The summed E-state index contributed by atoms with van der Waals surface area (Å²) in [4.78, 5) is 31.4. The first-order valence-corrected chi connectivity index (χ1v) is 4.01. The number of hydrogen-bond acceptors (Lipinski definition) is 3. The van der Waals surface area contributed by atoms with Gasteiger partial charge >= 0.3 is 11.9 Å². The smallest absolute Gasteiger partial charge is 0.329 e. The van der Waals surface area contributed by atoms with E-state index in [4.69, 9.17) is 10.2 Å². The van der Waals surface area contributed by atoms with Crippen molar-refractivity contribution in [3.8, 4) is 0 Å². The molecule has 2 unspecified atom stereocenters. The van der Waals surface area contributed by atoms with Crippen molar-refractivity contribution in [2.45, 2.75) is 25.8 Å². The zero-order valence-corrected chi connectivity index (χ0v) is 7.98. The van der Waals surface area contributed by atoms with Crippen LogP contribution in [0.2, 0.25) is 0 Å². The quantitative estimate of drug-likeness (QED) is 0.513. The predicted molar refractivity (Wildman–Crippen MR) is 46.7 cm³/mol. The Balaban J connectivity index is 4.71. The SMILES string of the molecule is CC(CC(=O)O)C(C)(NC=O)C(=O)O. The number of aliphatic carboxylic acids is 2. The molecular weight excluding hydrogens is 190 g/mol. The van der Waals surface area contributed by atoms with E-state index in [-0.39, 0.29) is 12.8 Å².